The van der Waals surface area contributed by atoms with E-state index in [2.05, 4.69) is 9.17 Å². The molecule has 0 radical (unpaired) electrons. The number of nitrogens with one attached hydrogen (secondary N) is 1. The topological polar surface area (TPSA) is 85.4 Å². The molecule has 0 saturated carbocycles. The molecular weight excluding hydrogens is 276 g/mol. The van der Waals surface area contributed by atoms with E-state index in [1.54, 1.807) is 18.2 Å². The average Bonchev–Trinajstić information content (AvgIpc) is 2.81. The number of rotatable bonds is 4. The molecule has 0 aliphatic rings. The van der Waals surface area contributed by atoms with Crippen LogP contribution in [0.3, 0.4) is 0 Å². The fourth-order valence-corrected chi connectivity index (χ4v) is 2.40. The molecule has 1 aromatic heterocycles. The Balaban J connectivity index is 2.07. The van der Waals surface area contributed by atoms with Gasteiger partial charge in [-0.05, 0) is 12.1 Å². The normalized spacial score (nSPS) is 10.9. The highest BCUT2D eigenvalue weighted by molar-refractivity contribution is 7.88. The molecule has 0 unspecified atom stereocenters. The van der Waals surface area contributed by atoms with Crippen LogP contribution in [-0.4, -0.2) is 19.4 Å². The molecule has 18 heavy (non-hydrogen) atoms. The van der Waals surface area contributed by atoms with Crippen molar-refractivity contribution in [3.05, 3.63) is 46.8 Å². The lowest BCUT2D eigenvalue weighted by molar-refractivity contribution is 0.0748. The molecule has 0 amide bonds. The van der Waals surface area contributed by atoms with Gasteiger partial charge >= 0.3 is 16.3 Å². The molecule has 0 aliphatic carbocycles. The van der Waals surface area contributed by atoms with Gasteiger partial charge in [-0.3, -0.25) is 0 Å². The molecule has 0 aliphatic heterocycles. The van der Waals surface area contributed by atoms with Crippen molar-refractivity contribution in [2.45, 2.75) is 0 Å². The average molecular weight is 284 g/mol. The molecule has 6 nitrogen and oxygen atoms in total. The van der Waals surface area contributed by atoms with Crippen LogP contribution in [0.25, 0.3) is 0 Å². The van der Waals surface area contributed by atoms with Crippen molar-refractivity contribution < 1.29 is 17.4 Å². The second-order valence-corrected chi connectivity index (χ2v) is 5.16. The maximum atomic E-state index is 11.5. The van der Waals surface area contributed by atoms with Crippen molar-refractivity contribution in [2.75, 3.05) is 4.72 Å². The van der Waals surface area contributed by atoms with Gasteiger partial charge in [-0.2, -0.15) is 8.42 Å². The SMILES string of the molecule is O=C(OS(=O)(=O)Nc1cscn1)c1ccccc1. The van der Waals surface area contributed by atoms with Gasteiger partial charge in [-0.1, -0.05) is 18.2 Å². The zero-order valence-corrected chi connectivity index (χ0v) is 10.6. The molecule has 0 atom stereocenters. The zero-order valence-electron chi connectivity index (χ0n) is 8.94. The summed E-state index contributed by atoms with van der Waals surface area (Å²) in [4.78, 5) is 15.2. The quantitative estimate of drug-likeness (QED) is 0.922. The van der Waals surface area contributed by atoms with Gasteiger partial charge in [-0.15, -0.1) is 11.3 Å². The fourth-order valence-electron chi connectivity index (χ4n) is 1.13. The van der Waals surface area contributed by atoms with Crippen LogP contribution < -0.4 is 4.72 Å². The maximum absolute atomic E-state index is 11.5. The minimum Gasteiger partial charge on any atom is -0.325 e. The second-order valence-electron chi connectivity index (χ2n) is 3.17. The summed E-state index contributed by atoms with van der Waals surface area (Å²) in [6, 6.07) is 7.84. The molecule has 1 heterocycles. The van der Waals surface area contributed by atoms with Crippen molar-refractivity contribution in [1.29, 1.82) is 0 Å². The summed E-state index contributed by atoms with van der Waals surface area (Å²) in [6.45, 7) is 0. The number of aromatic nitrogens is 1. The number of carbonyl (C=O) groups is 1. The van der Waals surface area contributed by atoms with Crippen LogP contribution in [0, 0.1) is 0 Å². The van der Waals surface area contributed by atoms with Gasteiger partial charge in [0, 0.05) is 5.38 Å². The van der Waals surface area contributed by atoms with Gasteiger partial charge in [0.05, 0.1) is 11.1 Å². The van der Waals surface area contributed by atoms with Gasteiger partial charge in [-0.25, -0.2) is 14.5 Å². The van der Waals surface area contributed by atoms with E-state index in [-0.39, 0.29) is 11.4 Å². The van der Waals surface area contributed by atoms with E-state index >= 15 is 0 Å². The van der Waals surface area contributed by atoms with E-state index in [4.69, 9.17) is 0 Å². The second kappa shape index (κ2) is 5.15. The predicted octanol–water partition coefficient (Wildman–Crippen LogP) is 1.66. The van der Waals surface area contributed by atoms with Gasteiger partial charge in [0.2, 0.25) is 0 Å². The summed E-state index contributed by atoms with van der Waals surface area (Å²) >= 11 is 1.22. The third kappa shape index (κ3) is 3.28. The molecule has 0 bridgehead atoms. The highest BCUT2D eigenvalue weighted by Crippen LogP contribution is 2.11. The molecule has 1 N–H and O–H groups in total. The zero-order chi connectivity index (χ0) is 13.0. The first-order valence-electron chi connectivity index (χ1n) is 4.76. The molecule has 8 heteroatoms. The Labute approximate surface area is 108 Å². The lowest BCUT2D eigenvalue weighted by Gasteiger charge is -2.05. The molecule has 2 rings (SSSR count). The standard InChI is InChI=1S/C10H8N2O4S2/c13-10(8-4-2-1-3-5-8)16-18(14,15)12-9-6-17-7-11-9/h1-7,12H. The Kier molecular flexibility index (Phi) is 3.58. The lowest BCUT2D eigenvalue weighted by Crippen LogP contribution is -2.20. The molecule has 1 aromatic carbocycles. The van der Waals surface area contributed by atoms with E-state index in [0.717, 1.165) is 0 Å². The van der Waals surface area contributed by atoms with Crippen LogP contribution in [0.4, 0.5) is 5.82 Å². The largest absolute Gasteiger partial charge is 0.411 e. The first-order chi connectivity index (χ1) is 8.57. The van der Waals surface area contributed by atoms with E-state index in [9.17, 15) is 13.2 Å². The van der Waals surface area contributed by atoms with Crippen molar-refractivity contribution in [2.24, 2.45) is 0 Å². The highest BCUT2D eigenvalue weighted by atomic mass is 32.2. The van der Waals surface area contributed by atoms with E-state index in [1.165, 1.54) is 34.4 Å². The monoisotopic (exact) mass is 284 g/mol. The molecule has 2 aromatic rings. The van der Waals surface area contributed by atoms with Crippen molar-refractivity contribution in [3.8, 4) is 0 Å². The maximum Gasteiger partial charge on any atom is 0.411 e. The third-order valence-electron chi connectivity index (χ3n) is 1.86. The van der Waals surface area contributed by atoms with Gasteiger partial charge in [0.1, 0.15) is 0 Å². The number of hydrogen-bond donors (Lipinski definition) is 1. The Morgan fingerprint density at radius 3 is 2.61 bits per heavy atom. The summed E-state index contributed by atoms with van der Waals surface area (Å²) in [5.41, 5.74) is 1.61. The smallest absolute Gasteiger partial charge is 0.325 e. The summed E-state index contributed by atoms with van der Waals surface area (Å²) in [5.74, 6) is -0.834. The summed E-state index contributed by atoms with van der Waals surface area (Å²) in [5, 5.41) is 1.48. The predicted molar refractivity (Wildman–Crippen MR) is 66.5 cm³/mol. The van der Waals surface area contributed by atoms with E-state index in [1.807, 2.05) is 4.72 Å². The summed E-state index contributed by atoms with van der Waals surface area (Å²) in [6.07, 6.45) is 0. The fraction of sp³-hybridized carbons (Fsp3) is 0. The van der Waals surface area contributed by atoms with Gasteiger partial charge < -0.3 is 4.18 Å². The Bertz CT molecular complexity index is 623. The molecular formula is C10H8N2O4S2. The van der Waals surface area contributed by atoms with Crippen LogP contribution in [0.1, 0.15) is 10.4 Å². The molecule has 0 saturated heterocycles. The van der Waals surface area contributed by atoms with Crippen molar-refractivity contribution in [3.63, 3.8) is 0 Å². The first kappa shape index (κ1) is 12.5. The van der Waals surface area contributed by atoms with Crippen LogP contribution in [0.2, 0.25) is 0 Å². The lowest BCUT2D eigenvalue weighted by atomic mass is 10.2. The van der Waals surface area contributed by atoms with E-state index < -0.39 is 16.3 Å². The third-order valence-corrected chi connectivity index (χ3v) is 3.27. The number of benzene rings is 1. The van der Waals surface area contributed by atoms with Crippen LogP contribution in [0.5, 0.6) is 0 Å². The van der Waals surface area contributed by atoms with E-state index in [0.29, 0.717) is 0 Å². The number of anilines is 1. The summed E-state index contributed by atoms with van der Waals surface area (Å²) < 4.78 is 29.4. The minimum atomic E-state index is -4.21. The highest BCUT2D eigenvalue weighted by Gasteiger charge is 2.19. The van der Waals surface area contributed by atoms with Gasteiger partial charge in [0.15, 0.2) is 5.82 Å². The number of carbonyl (C=O) groups excluding carboxylic acids is 1. The molecule has 94 valence electrons. The number of thiazole rings is 1. The van der Waals surface area contributed by atoms with Crippen LogP contribution in [0.15, 0.2) is 41.2 Å². The van der Waals surface area contributed by atoms with Crippen LogP contribution in [-0.2, 0) is 14.5 Å². The Hall–Kier alpha value is -1.93. The first-order valence-corrected chi connectivity index (χ1v) is 7.12. The molecule has 0 spiro atoms. The van der Waals surface area contributed by atoms with Crippen LogP contribution >= 0.6 is 11.3 Å². The minimum absolute atomic E-state index is 0.112. The molecule has 0 fully saturated rings. The number of hydrogen-bond acceptors (Lipinski definition) is 6. The number of nitrogens with zero attached hydrogens (tertiary/aromatic N) is 1. The van der Waals surface area contributed by atoms with Crippen molar-refractivity contribution >= 4 is 33.4 Å². The Morgan fingerprint density at radius 1 is 1.28 bits per heavy atom. The van der Waals surface area contributed by atoms with Crippen molar-refractivity contribution in [1.82, 2.24) is 4.98 Å². The van der Waals surface area contributed by atoms with Gasteiger partial charge in [0.25, 0.3) is 0 Å². The Morgan fingerprint density at radius 2 is 2.00 bits per heavy atom. The summed E-state index contributed by atoms with van der Waals surface area (Å²) in [7, 11) is -4.21.